The van der Waals surface area contributed by atoms with Crippen molar-refractivity contribution in [2.75, 3.05) is 0 Å². The average Bonchev–Trinajstić information content (AvgIpc) is 3.51. The molecule has 0 saturated carbocycles. The first-order valence-corrected chi connectivity index (χ1v) is 14.8. The van der Waals surface area contributed by atoms with E-state index in [1.54, 1.807) is 0 Å². The summed E-state index contributed by atoms with van der Waals surface area (Å²) in [6.07, 6.45) is 1.95. The highest BCUT2D eigenvalue weighted by atomic mass is 16.3. The van der Waals surface area contributed by atoms with Crippen molar-refractivity contribution >= 4 is 54.1 Å². The molecule has 9 rings (SSSR count). The minimum absolute atomic E-state index is 0.931. The second kappa shape index (κ2) is 9.44. The van der Waals surface area contributed by atoms with Crippen LogP contribution in [0.15, 0.2) is 162 Å². The topological polar surface area (TPSA) is 13.1 Å². The van der Waals surface area contributed by atoms with Crippen LogP contribution in [0.1, 0.15) is 0 Å². The molecule has 0 aliphatic carbocycles. The normalized spacial score (nSPS) is 11.7. The van der Waals surface area contributed by atoms with Crippen molar-refractivity contribution in [3.63, 3.8) is 0 Å². The highest BCUT2D eigenvalue weighted by Crippen LogP contribution is 2.46. The van der Waals surface area contributed by atoms with Crippen LogP contribution in [0.2, 0.25) is 0 Å². The Balaban J connectivity index is 1.35. The van der Waals surface area contributed by atoms with Gasteiger partial charge < -0.3 is 4.42 Å². The van der Waals surface area contributed by atoms with E-state index in [0.29, 0.717) is 0 Å². The van der Waals surface area contributed by atoms with Gasteiger partial charge in [0.05, 0.1) is 6.26 Å². The van der Waals surface area contributed by atoms with Crippen LogP contribution in [0.3, 0.4) is 0 Å². The number of benzene rings is 8. The largest absolute Gasteiger partial charge is 0.463 e. The molecule has 43 heavy (non-hydrogen) atoms. The number of rotatable bonds is 3. The quantitative estimate of drug-likeness (QED) is 0.159. The Bertz CT molecular complexity index is 2500. The Morgan fingerprint density at radius 3 is 1.84 bits per heavy atom. The van der Waals surface area contributed by atoms with E-state index < -0.39 is 0 Å². The minimum Gasteiger partial charge on any atom is -0.463 e. The maximum absolute atomic E-state index is 6.42. The minimum atomic E-state index is 0.931. The lowest BCUT2D eigenvalue weighted by molar-refractivity contribution is 0.620. The van der Waals surface area contributed by atoms with E-state index in [1.165, 1.54) is 65.5 Å². The first-order chi connectivity index (χ1) is 21.3. The third-order valence-corrected chi connectivity index (χ3v) is 8.92. The molecule has 0 aliphatic rings. The molecule has 9 aromatic rings. The third-order valence-electron chi connectivity index (χ3n) is 8.92. The maximum atomic E-state index is 6.42. The summed E-state index contributed by atoms with van der Waals surface area (Å²) in [5.41, 5.74) is 8.07. The van der Waals surface area contributed by atoms with Gasteiger partial charge in [-0.05, 0) is 89.8 Å². The van der Waals surface area contributed by atoms with Gasteiger partial charge in [0.15, 0.2) is 0 Å². The zero-order valence-electron chi connectivity index (χ0n) is 23.4. The van der Waals surface area contributed by atoms with Crippen molar-refractivity contribution in [3.05, 3.63) is 158 Å². The lowest BCUT2D eigenvalue weighted by Crippen LogP contribution is -1.91. The smallest absolute Gasteiger partial charge is 0.142 e. The molecule has 0 bridgehead atoms. The van der Waals surface area contributed by atoms with E-state index in [4.69, 9.17) is 4.42 Å². The molecule has 0 spiro atoms. The van der Waals surface area contributed by atoms with Gasteiger partial charge in [0.2, 0.25) is 0 Å². The average molecular weight is 547 g/mol. The predicted molar refractivity (Wildman–Crippen MR) is 183 cm³/mol. The van der Waals surface area contributed by atoms with Crippen LogP contribution < -0.4 is 0 Å². The lowest BCUT2D eigenvalue weighted by Gasteiger charge is -2.18. The third kappa shape index (κ3) is 3.72. The van der Waals surface area contributed by atoms with E-state index in [0.717, 1.165) is 21.9 Å². The van der Waals surface area contributed by atoms with Gasteiger partial charge in [-0.25, -0.2) is 0 Å². The Morgan fingerprint density at radius 2 is 0.977 bits per heavy atom. The fraction of sp³-hybridized carbons (Fsp3) is 0. The van der Waals surface area contributed by atoms with Gasteiger partial charge in [-0.3, -0.25) is 0 Å². The summed E-state index contributed by atoms with van der Waals surface area (Å²) in [6, 6.07) is 54.8. The molecular formula is C42H26O. The van der Waals surface area contributed by atoms with Gasteiger partial charge in [-0.1, -0.05) is 127 Å². The highest BCUT2D eigenvalue weighted by Gasteiger charge is 2.19. The first kappa shape index (κ1) is 24.0. The first-order valence-electron chi connectivity index (χ1n) is 14.8. The van der Waals surface area contributed by atoms with E-state index in [9.17, 15) is 0 Å². The Hall–Kier alpha value is -5.66. The Morgan fingerprint density at radius 1 is 0.326 bits per heavy atom. The lowest BCUT2D eigenvalue weighted by atomic mass is 9.85. The summed E-state index contributed by atoms with van der Waals surface area (Å²) in [6.45, 7) is 0. The van der Waals surface area contributed by atoms with Crippen LogP contribution in [0.4, 0.5) is 0 Å². The van der Waals surface area contributed by atoms with Gasteiger partial charge >= 0.3 is 0 Å². The van der Waals surface area contributed by atoms with Crippen molar-refractivity contribution in [2.24, 2.45) is 0 Å². The zero-order valence-corrected chi connectivity index (χ0v) is 23.4. The Kier molecular flexibility index (Phi) is 5.27. The van der Waals surface area contributed by atoms with Gasteiger partial charge in [-0.2, -0.15) is 0 Å². The van der Waals surface area contributed by atoms with Crippen LogP contribution in [-0.4, -0.2) is 0 Å². The molecule has 0 amide bonds. The van der Waals surface area contributed by atoms with Crippen molar-refractivity contribution in [2.45, 2.75) is 0 Å². The van der Waals surface area contributed by atoms with E-state index in [2.05, 4.69) is 152 Å². The summed E-state index contributed by atoms with van der Waals surface area (Å²) in [7, 11) is 0. The summed E-state index contributed by atoms with van der Waals surface area (Å²) < 4.78 is 6.42. The molecular weight excluding hydrogens is 520 g/mol. The molecule has 1 heteroatoms. The fourth-order valence-electron chi connectivity index (χ4n) is 6.89. The summed E-state index contributed by atoms with van der Waals surface area (Å²) in [5.74, 6) is 0. The van der Waals surface area contributed by atoms with Crippen molar-refractivity contribution in [1.82, 2.24) is 0 Å². The van der Waals surface area contributed by atoms with Gasteiger partial charge in [-0.15, -0.1) is 0 Å². The van der Waals surface area contributed by atoms with E-state index >= 15 is 0 Å². The molecule has 200 valence electrons. The highest BCUT2D eigenvalue weighted by molar-refractivity contribution is 6.19. The van der Waals surface area contributed by atoms with Crippen LogP contribution in [-0.2, 0) is 0 Å². The number of hydrogen-bond acceptors (Lipinski definition) is 1. The summed E-state index contributed by atoms with van der Waals surface area (Å²) in [5, 5.41) is 10.9. The number of furan rings is 1. The number of hydrogen-bond donors (Lipinski definition) is 0. The van der Waals surface area contributed by atoms with Crippen LogP contribution in [0.25, 0.3) is 87.4 Å². The van der Waals surface area contributed by atoms with E-state index in [-0.39, 0.29) is 0 Å². The zero-order chi connectivity index (χ0) is 28.3. The summed E-state index contributed by atoms with van der Waals surface area (Å²) in [4.78, 5) is 0. The molecule has 0 saturated heterocycles. The molecule has 0 atom stereocenters. The van der Waals surface area contributed by atoms with Crippen molar-refractivity contribution in [3.8, 4) is 33.4 Å². The molecule has 0 unspecified atom stereocenters. The predicted octanol–water partition coefficient (Wildman–Crippen LogP) is 12.0. The molecule has 0 radical (unpaired) electrons. The molecule has 1 nitrogen and oxygen atoms in total. The van der Waals surface area contributed by atoms with Crippen molar-refractivity contribution < 1.29 is 4.42 Å². The number of fused-ring (bicyclic) bond motifs is 7. The molecule has 0 fully saturated rings. The second-order valence-electron chi connectivity index (χ2n) is 11.3. The van der Waals surface area contributed by atoms with Crippen LogP contribution in [0, 0.1) is 0 Å². The molecule has 8 aromatic carbocycles. The van der Waals surface area contributed by atoms with Gasteiger partial charge in [0.25, 0.3) is 0 Å². The molecule has 0 N–H and O–H groups in total. The molecule has 0 aliphatic heterocycles. The fourth-order valence-corrected chi connectivity index (χ4v) is 6.89. The van der Waals surface area contributed by atoms with Gasteiger partial charge in [0, 0.05) is 16.3 Å². The summed E-state index contributed by atoms with van der Waals surface area (Å²) >= 11 is 0. The van der Waals surface area contributed by atoms with E-state index in [1.807, 2.05) is 6.26 Å². The van der Waals surface area contributed by atoms with Crippen LogP contribution >= 0.6 is 0 Å². The monoisotopic (exact) mass is 546 g/mol. The standard InChI is InChI=1S/C42H26O/c1-2-10-27(11-3-1)33-20-19-31-24-29-13-4-5-14-30(29)25-39(31)41(33)36-17-9-8-16-34(36)40-26-43-42-37-21-18-28-12-6-7-15-32(28)35(37)22-23-38(40)42/h1-26H. The SMILES string of the molecule is c1ccc(-c2ccc3cc4ccccc4cc3c2-c2ccccc2-c2coc3c2ccc2c4ccccc4ccc23)cc1. The van der Waals surface area contributed by atoms with Crippen LogP contribution in [0.5, 0.6) is 0 Å². The second-order valence-corrected chi connectivity index (χ2v) is 11.3. The van der Waals surface area contributed by atoms with Gasteiger partial charge in [0.1, 0.15) is 5.58 Å². The molecule has 1 heterocycles. The Labute approximate surface area is 249 Å². The maximum Gasteiger partial charge on any atom is 0.142 e. The molecule has 1 aromatic heterocycles. The van der Waals surface area contributed by atoms with Crippen molar-refractivity contribution in [1.29, 1.82) is 0 Å².